The minimum absolute atomic E-state index is 1.02. The minimum atomic E-state index is 1.02. The molecule has 6 aromatic carbocycles. The van der Waals surface area contributed by atoms with Crippen molar-refractivity contribution in [1.29, 1.82) is 0 Å². The van der Waals surface area contributed by atoms with Gasteiger partial charge in [0.25, 0.3) is 0 Å². The highest BCUT2D eigenvalue weighted by Gasteiger charge is 2.19. The fourth-order valence-electron chi connectivity index (χ4n) is 6.69. The molecule has 0 N–H and O–H groups in total. The van der Waals surface area contributed by atoms with Gasteiger partial charge in [-0.1, -0.05) is 97.1 Å². The van der Waals surface area contributed by atoms with Crippen LogP contribution in [-0.2, 0) is 0 Å². The highest BCUT2D eigenvalue weighted by atomic mass is 15.0. The molecule has 0 amide bonds. The Morgan fingerprint density at radius 1 is 0.429 bits per heavy atom. The van der Waals surface area contributed by atoms with Gasteiger partial charge in [-0.3, -0.25) is 4.98 Å². The van der Waals surface area contributed by atoms with Crippen molar-refractivity contribution >= 4 is 54.5 Å². The standard InChI is InChI=1S/C39H25N3/c1-2-12-29(13-3-1)42-36-18-9-23-40-38(36)34-16-8-15-31(39(34)42)28-20-22-33-32-14-6-7-17-35(32)41(37(33)25-28)30-21-19-26-10-4-5-11-27(26)24-30/h1-25H. The molecule has 9 aromatic rings. The topological polar surface area (TPSA) is 22.8 Å². The molecule has 0 radical (unpaired) electrons. The monoisotopic (exact) mass is 535 g/mol. The lowest BCUT2D eigenvalue weighted by Gasteiger charge is -2.13. The third-order valence-electron chi connectivity index (χ3n) is 8.53. The van der Waals surface area contributed by atoms with Crippen molar-refractivity contribution in [2.24, 2.45) is 0 Å². The molecule has 0 aliphatic rings. The number of rotatable bonds is 3. The van der Waals surface area contributed by atoms with Crippen molar-refractivity contribution in [2.75, 3.05) is 0 Å². The van der Waals surface area contributed by atoms with Crippen LogP contribution in [0.4, 0.5) is 0 Å². The molecule has 0 aliphatic carbocycles. The first kappa shape index (κ1) is 23.1. The van der Waals surface area contributed by atoms with Crippen LogP contribution in [0.5, 0.6) is 0 Å². The Morgan fingerprint density at radius 3 is 2.12 bits per heavy atom. The normalized spacial score (nSPS) is 11.8. The van der Waals surface area contributed by atoms with E-state index in [1.165, 1.54) is 49.2 Å². The predicted octanol–water partition coefficient (Wildman–Crippen LogP) is 10.1. The molecule has 0 bridgehead atoms. The zero-order valence-corrected chi connectivity index (χ0v) is 22.8. The average molecular weight is 536 g/mol. The fourth-order valence-corrected chi connectivity index (χ4v) is 6.69. The Morgan fingerprint density at radius 2 is 1.19 bits per heavy atom. The second-order valence-corrected chi connectivity index (χ2v) is 10.9. The average Bonchev–Trinajstić information content (AvgIpc) is 3.58. The molecule has 0 fully saturated rings. The largest absolute Gasteiger partial charge is 0.309 e. The van der Waals surface area contributed by atoms with Gasteiger partial charge in [-0.15, -0.1) is 0 Å². The fraction of sp³-hybridized carbons (Fsp3) is 0. The van der Waals surface area contributed by atoms with Crippen LogP contribution in [0.2, 0.25) is 0 Å². The summed E-state index contributed by atoms with van der Waals surface area (Å²) in [7, 11) is 0. The van der Waals surface area contributed by atoms with E-state index in [0.29, 0.717) is 0 Å². The molecule has 3 nitrogen and oxygen atoms in total. The van der Waals surface area contributed by atoms with Gasteiger partial charge in [0.15, 0.2) is 0 Å². The summed E-state index contributed by atoms with van der Waals surface area (Å²) >= 11 is 0. The van der Waals surface area contributed by atoms with Gasteiger partial charge < -0.3 is 9.13 Å². The van der Waals surface area contributed by atoms with E-state index in [1.54, 1.807) is 0 Å². The smallest absolute Gasteiger partial charge is 0.0963 e. The predicted molar refractivity (Wildman–Crippen MR) is 176 cm³/mol. The van der Waals surface area contributed by atoms with Gasteiger partial charge in [-0.2, -0.15) is 0 Å². The lowest BCUT2D eigenvalue weighted by Crippen LogP contribution is -1.96. The second-order valence-electron chi connectivity index (χ2n) is 10.9. The Bertz CT molecular complexity index is 2460. The van der Waals surface area contributed by atoms with Gasteiger partial charge in [0.1, 0.15) is 0 Å². The number of nitrogens with zero attached hydrogens (tertiary/aromatic N) is 3. The van der Waals surface area contributed by atoms with Crippen molar-refractivity contribution in [3.05, 3.63) is 152 Å². The Kier molecular flexibility index (Phi) is 4.90. The van der Waals surface area contributed by atoms with E-state index in [2.05, 4.69) is 149 Å². The number of hydrogen-bond acceptors (Lipinski definition) is 1. The van der Waals surface area contributed by atoms with Crippen molar-refractivity contribution in [1.82, 2.24) is 14.1 Å². The summed E-state index contributed by atoms with van der Waals surface area (Å²) in [5.41, 5.74) is 10.4. The summed E-state index contributed by atoms with van der Waals surface area (Å²) in [6.45, 7) is 0. The molecule has 0 atom stereocenters. The Labute approximate surface area is 242 Å². The van der Waals surface area contributed by atoms with Crippen molar-refractivity contribution < 1.29 is 0 Å². The molecule has 0 aliphatic heterocycles. The van der Waals surface area contributed by atoms with Gasteiger partial charge in [-0.25, -0.2) is 0 Å². The molecule has 3 heteroatoms. The molecule has 0 saturated heterocycles. The van der Waals surface area contributed by atoms with E-state index in [4.69, 9.17) is 4.98 Å². The van der Waals surface area contributed by atoms with Gasteiger partial charge in [0.2, 0.25) is 0 Å². The second kappa shape index (κ2) is 8.92. The van der Waals surface area contributed by atoms with E-state index in [0.717, 1.165) is 27.8 Å². The maximum Gasteiger partial charge on any atom is 0.0963 e. The van der Waals surface area contributed by atoms with Gasteiger partial charge >= 0.3 is 0 Å². The lowest BCUT2D eigenvalue weighted by molar-refractivity contribution is 1.17. The highest BCUT2D eigenvalue weighted by Crippen LogP contribution is 2.40. The third-order valence-corrected chi connectivity index (χ3v) is 8.53. The molecule has 42 heavy (non-hydrogen) atoms. The number of hydrogen-bond donors (Lipinski definition) is 0. The number of fused-ring (bicyclic) bond motifs is 7. The summed E-state index contributed by atoms with van der Waals surface area (Å²) in [6.07, 6.45) is 1.89. The molecule has 0 spiro atoms. The molecule has 196 valence electrons. The number of benzene rings is 6. The number of pyridine rings is 1. The minimum Gasteiger partial charge on any atom is -0.309 e. The number of aromatic nitrogens is 3. The van der Waals surface area contributed by atoms with Crippen LogP contribution in [0.1, 0.15) is 0 Å². The highest BCUT2D eigenvalue weighted by molar-refractivity contribution is 6.14. The zero-order chi connectivity index (χ0) is 27.6. The van der Waals surface area contributed by atoms with Crippen molar-refractivity contribution in [3.63, 3.8) is 0 Å². The van der Waals surface area contributed by atoms with E-state index in [1.807, 2.05) is 12.3 Å². The van der Waals surface area contributed by atoms with Crippen LogP contribution in [0.25, 0.3) is 77.0 Å². The summed E-state index contributed by atoms with van der Waals surface area (Å²) in [4.78, 5) is 4.82. The first-order chi connectivity index (χ1) is 20.8. The van der Waals surface area contributed by atoms with Gasteiger partial charge in [0, 0.05) is 39.3 Å². The van der Waals surface area contributed by atoms with Gasteiger partial charge in [0.05, 0.1) is 27.6 Å². The molecule has 9 rings (SSSR count). The molecule has 0 unspecified atom stereocenters. The molecule has 3 heterocycles. The Hall–Kier alpha value is -5.67. The molecular weight excluding hydrogens is 510 g/mol. The summed E-state index contributed by atoms with van der Waals surface area (Å²) in [6, 6.07) is 52.3. The van der Waals surface area contributed by atoms with E-state index in [9.17, 15) is 0 Å². The SMILES string of the molecule is c1ccc(-n2c3cccnc3c3cccc(-c4ccc5c6ccccc6n(-c6ccc7ccccc7c6)c5c4)c32)cc1. The van der Waals surface area contributed by atoms with Crippen molar-refractivity contribution in [3.8, 4) is 22.5 Å². The van der Waals surface area contributed by atoms with Gasteiger partial charge in [-0.05, 0) is 64.9 Å². The lowest BCUT2D eigenvalue weighted by atomic mass is 10.0. The maximum atomic E-state index is 4.82. The maximum absolute atomic E-state index is 4.82. The first-order valence-corrected chi connectivity index (χ1v) is 14.3. The van der Waals surface area contributed by atoms with Crippen molar-refractivity contribution in [2.45, 2.75) is 0 Å². The number of para-hydroxylation sites is 3. The molecular formula is C39H25N3. The van der Waals surface area contributed by atoms with E-state index in [-0.39, 0.29) is 0 Å². The van der Waals surface area contributed by atoms with Crippen LogP contribution >= 0.6 is 0 Å². The molecule has 3 aromatic heterocycles. The van der Waals surface area contributed by atoms with Crippen LogP contribution in [-0.4, -0.2) is 14.1 Å². The quantitative estimate of drug-likeness (QED) is 0.221. The summed E-state index contributed by atoms with van der Waals surface area (Å²) in [5, 5.41) is 6.15. The Balaban J connectivity index is 1.37. The van der Waals surface area contributed by atoms with E-state index < -0.39 is 0 Å². The molecule has 0 saturated carbocycles. The van der Waals surface area contributed by atoms with Crippen LogP contribution < -0.4 is 0 Å². The summed E-state index contributed by atoms with van der Waals surface area (Å²) in [5.74, 6) is 0. The van der Waals surface area contributed by atoms with Crippen LogP contribution in [0.3, 0.4) is 0 Å². The van der Waals surface area contributed by atoms with Crippen LogP contribution in [0.15, 0.2) is 152 Å². The summed E-state index contributed by atoms with van der Waals surface area (Å²) < 4.78 is 4.77. The zero-order valence-electron chi connectivity index (χ0n) is 22.8. The third kappa shape index (κ3) is 3.31. The first-order valence-electron chi connectivity index (χ1n) is 14.3. The van der Waals surface area contributed by atoms with E-state index >= 15 is 0 Å². The van der Waals surface area contributed by atoms with Crippen LogP contribution in [0, 0.1) is 0 Å².